The zero-order valence-electron chi connectivity index (χ0n) is 11.2. The van der Waals surface area contributed by atoms with Crippen LogP contribution in [-0.4, -0.2) is 16.7 Å². The van der Waals surface area contributed by atoms with Crippen LogP contribution in [0.1, 0.15) is 16.1 Å². The molecule has 2 aromatic rings. The molecule has 1 heterocycles. The SMILES string of the molecule is O=C(C=Cc1ccco1)NNC(=O)c1cccc([N+](=O)[O-])c1. The predicted molar refractivity (Wildman–Crippen MR) is 76.4 cm³/mol. The van der Waals surface area contributed by atoms with Crippen molar-refractivity contribution in [2.24, 2.45) is 0 Å². The van der Waals surface area contributed by atoms with Gasteiger partial charge in [0.05, 0.1) is 11.2 Å². The van der Waals surface area contributed by atoms with Crippen molar-refractivity contribution < 1.29 is 18.9 Å². The van der Waals surface area contributed by atoms with Gasteiger partial charge in [0, 0.05) is 23.8 Å². The summed E-state index contributed by atoms with van der Waals surface area (Å²) in [7, 11) is 0. The van der Waals surface area contributed by atoms with E-state index in [1.807, 2.05) is 0 Å². The second-order valence-electron chi connectivity index (χ2n) is 4.10. The molecule has 22 heavy (non-hydrogen) atoms. The standard InChI is InChI=1S/C14H11N3O5/c18-13(7-6-12-5-2-8-22-12)15-16-14(19)10-3-1-4-11(9-10)17(20)21/h1-9H,(H,15,18)(H,16,19). The second-order valence-corrected chi connectivity index (χ2v) is 4.10. The molecular weight excluding hydrogens is 290 g/mol. The van der Waals surface area contributed by atoms with E-state index in [0.29, 0.717) is 5.76 Å². The van der Waals surface area contributed by atoms with Crippen molar-refractivity contribution in [3.8, 4) is 0 Å². The van der Waals surface area contributed by atoms with Crippen molar-refractivity contribution in [1.29, 1.82) is 0 Å². The Morgan fingerprint density at radius 2 is 2.00 bits per heavy atom. The van der Waals surface area contributed by atoms with Gasteiger partial charge in [-0.25, -0.2) is 0 Å². The first kappa shape index (κ1) is 15.0. The molecule has 0 atom stereocenters. The molecule has 8 heteroatoms. The molecule has 2 N–H and O–H groups in total. The van der Waals surface area contributed by atoms with Crippen LogP contribution >= 0.6 is 0 Å². The van der Waals surface area contributed by atoms with Gasteiger partial charge in [-0.1, -0.05) is 6.07 Å². The molecule has 0 bridgehead atoms. The molecule has 0 aliphatic heterocycles. The molecule has 1 aromatic heterocycles. The highest BCUT2D eigenvalue weighted by atomic mass is 16.6. The van der Waals surface area contributed by atoms with Crippen molar-refractivity contribution in [2.75, 3.05) is 0 Å². The Bertz CT molecular complexity index is 722. The van der Waals surface area contributed by atoms with E-state index in [4.69, 9.17) is 4.42 Å². The number of benzene rings is 1. The molecule has 0 spiro atoms. The Hall–Kier alpha value is -3.42. The summed E-state index contributed by atoms with van der Waals surface area (Å²) in [5.74, 6) is -0.751. The number of non-ortho nitro benzene ring substituents is 1. The van der Waals surface area contributed by atoms with E-state index in [2.05, 4.69) is 10.9 Å². The Morgan fingerprint density at radius 3 is 2.68 bits per heavy atom. The topological polar surface area (TPSA) is 114 Å². The molecule has 2 rings (SSSR count). The number of hydrogen-bond acceptors (Lipinski definition) is 5. The summed E-state index contributed by atoms with van der Waals surface area (Å²) < 4.78 is 5.00. The summed E-state index contributed by atoms with van der Waals surface area (Å²) in [6.45, 7) is 0. The van der Waals surface area contributed by atoms with Crippen LogP contribution in [0, 0.1) is 10.1 Å². The molecule has 0 unspecified atom stereocenters. The van der Waals surface area contributed by atoms with E-state index >= 15 is 0 Å². The van der Waals surface area contributed by atoms with E-state index in [9.17, 15) is 19.7 Å². The number of furan rings is 1. The number of rotatable bonds is 4. The van der Waals surface area contributed by atoms with Gasteiger partial charge in [-0.15, -0.1) is 0 Å². The van der Waals surface area contributed by atoms with Gasteiger partial charge < -0.3 is 4.42 Å². The second kappa shape index (κ2) is 6.84. The van der Waals surface area contributed by atoms with E-state index < -0.39 is 16.7 Å². The van der Waals surface area contributed by atoms with Gasteiger partial charge in [-0.05, 0) is 24.3 Å². The Balaban J connectivity index is 1.91. The Labute approximate surface area is 124 Å². The fourth-order valence-corrected chi connectivity index (χ4v) is 1.54. The van der Waals surface area contributed by atoms with Crippen LogP contribution in [0.15, 0.2) is 53.2 Å². The molecule has 2 amide bonds. The lowest BCUT2D eigenvalue weighted by atomic mass is 10.2. The number of carbonyl (C=O) groups is 2. The largest absolute Gasteiger partial charge is 0.465 e. The maximum Gasteiger partial charge on any atom is 0.270 e. The van der Waals surface area contributed by atoms with Crippen LogP contribution in [-0.2, 0) is 4.79 Å². The van der Waals surface area contributed by atoms with Crippen molar-refractivity contribution in [3.63, 3.8) is 0 Å². The lowest BCUT2D eigenvalue weighted by molar-refractivity contribution is -0.384. The number of nitro groups is 1. The first-order valence-electron chi connectivity index (χ1n) is 6.12. The van der Waals surface area contributed by atoms with Crippen LogP contribution in [0.2, 0.25) is 0 Å². The third kappa shape index (κ3) is 4.04. The number of carbonyl (C=O) groups excluding carboxylic acids is 2. The first-order chi connectivity index (χ1) is 10.6. The lowest BCUT2D eigenvalue weighted by Gasteiger charge is -2.04. The average molecular weight is 301 g/mol. The summed E-state index contributed by atoms with van der Waals surface area (Å²) in [6.07, 6.45) is 4.06. The molecule has 0 radical (unpaired) electrons. The third-order valence-electron chi connectivity index (χ3n) is 2.56. The maximum absolute atomic E-state index is 11.8. The number of hydrogen-bond donors (Lipinski definition) is 2. The maximum atomic E-state index is 11.8. The van der Waals surface area contributed by atoms with Gasteiger partial charge in [0.1, 0.15) is 5.76 Å². The Kier molecular flexibility index (Phi) is 4.66. The number of nitrogens with one attached hydrogen (secondary N) is 2. The minimum Gasteiger partial charge on any atom is -0.465 e. The van der Waals surface area contributed by atoms with Gasteiger partial charge in [-0.2, -0.15) is 0 Å². The smallest absolute Gasteiger partial charge is 0.270 e. The minimum atomic E-state index is -0.663. The normalized spacial score (nSPS) is 10.4. The van der Waals surface area contributed by atoms with E-state index in [1.54, 1.807) is 12.1 Å². The fourth-order valence-electron chi connectivity index (χ4n) is 1.54. The lowest BCUT2D eigenvalue weighted by Crippen LogP contribution is -2.40. The van der Waals surface area contributed by atoms with Gasteiger partial charge in [0.15, 0.2) is 0 Å². The summed E-state index contributed by atoms with van der Waals surface area (Å²) >= 11 is 0. The fraction of sp³-hybridized carbons (Fsp3) is 0. The highest BCUT2D eigenvalue weighted by Crippen LogP contribution is 2.12. The summed E-state index contributed by atoms with van der Waals surface area (Å²) in [5, 5.41) is 10.6. The van der Waals surface area contributed by atoms with Crippen LogP contribution in [0.3, 0.4) is 0 Å². The molecular formula is C14H11N3O5. The van der Waals surface area contributed by atoms with Crippen LogP contribution < -0.4 is 10.9 Å². The number of nitro benzene ring substituents is 1. The highest BCUT2D eigenvalue weighted by molar-refractivity contribution is 5.98. The van der Waals surface area contributed by atoms with Crippen molar-refractivity contribution in [2.45, 2.75) is 0 Å². The number of nitrogens with zero attached hydrogens (tertiary/aromatic N) is 1. The average Bonchev–Trinajstić information content (AvgIpc) is 3.04. The number of amides is 2. The van der Waals surface area contributed by atoms with Crippen molar-refractivity contribution in [1.82, 2.24) is 10.9 Å². The number of hydrazine groups is 1. The van der Waals surface area contributed by atoms with Crippen molar-refractivity contribution >= 4 is 23.6 Å². The van der Waals surface area contributed by atoms with Crippen LogP contribution in [0.5, 0.6) is 0 Å². The molecule has 112 valence electrons. The van der Waals surface area contributed by atoms with Gasteiger partial charge in [-0.3, -0.25) is 30.6 Å². The van der Waals surface area contributed by atoms with E-state index in [-0.39, 0.29) is 11.3 Å². The van der Waals surface area contributed by atoms with Crippen molar-refractivity contribution in [3.05, 3.63) is 70.2 Å². The monoisotopic (exact) mass is 301 g/mol. The van der Waals surface area contributed by atoms with Gasteiger partial charge >= 0.3 is 0 Å². The Morgan fingerprint density at radius 1 is 1.18 bits per heavy atom. The molecule has 0 saturated heterocycles. The summed E-state index contributed by atoms with van der Waals surface area (Å²) in [6, 6.07) is 8.48. The van der Waals surface area contributed by atoms with E-state index in [1.165, 1.54) is 36.6 Å². The van der Waals surface area contributed by atoms with Crippen LogP contribution in [0.4, 0.5) is 5.69 Å². The molecule has 8 nitrogen and oxygen atoms in total. The third-order valence-corrected chi connectivity index (χ3v) is 2.56. The quantitative estimate of drug-likeness (QED) is 0.506. The molecule has 0 aliphatic rings. The first-order valence-corrected chi connectivity index (χ1v) is 6.12. The summed E-state index contributed by atoms with van der Waals surface area (Å²) in [4.78, 5) is 33.3. The summed E-state index contributed by atoms with van der Waals surface area (Å²) in [5.41, 5.74) is 4.16. The van der Waals surface area contributed by atoms with E-state index in [0.717, 1.165) is 6.07 Å². The molecule has 0 aliphatic carbocycles. The van der Waals surface area contributed by atoms with Gasteiger partial charge in [0.2, 0.25) is 0 Å². The van der Waals surface area contributed by atoms with Crippen LogP contribution in [0.25, 0.3) is 6.08 Å². The minimum absolute atomic E-state index is 0.0597. The molecule has 0 saturated carbocycles. The zero-order valence-corrected chi connectivity index (χ0v) is 11.2. The molecule has 0 fully saturated rings. The predicted octanol–water partition coefficient (Wildman–Crippen LogP) is 1.66. The molecule has 1 aromatic carbocycles. The highest BCUT2D eigenvalue weighted by Gasteiger charge is 2.11. The van der Waals surface area contributed by atoms with Gasteiger partial charge in [0.25, 0.3) is 17.5 Å². The zero-order chi connectivity index (χ0) is 15.9.